The number of hydrogen-bond acceptors (Lipinski definition) is 5. The van der Waals surface area contributed by atoms with Gasteiger partial charge in [-0.05, 0) is 5.56 Å². The summed E-state index contributed by atoms with van der Waals surface area (Å²) in [4.78, 5) is 5.18. The Balaban J connectivity index is 1.93. The lowest BCUT2D eigenvalue weighted by Gasteiger charge is -2.39. The highest BCUT2D eigenvalue weighted by molar-refractivity contribution is 5.13. The van der Waals surface area contributed by atoms with E-state index in [1.165, 1.54) is 0 Å². The van der Waals surface area contributed by atoms with Crippen LogP contribution in [0.3, 0.4) is 0 Å². The van der Waals surface area contributed by atoms with E-state index in [2.05, 4.69) is 0 Å². The molecule has 0 aromatic heterocycles. The Morgan fingerprint density at radius 3 is 2.63 bits per heavy atom. The quantitative estimate of drug-likeness (QED) is 0.809. The van der Waals surface area contributed by atoms with Crippen LogP contribution >= 0.6 is 0 Å². The molecule has 1 aromatic rings. The van der Waals surface area contributed by atoms with Gasteiger partial charge in [-0.2, -0.15) is 5.06 Å². The fourth-order valence-corrected chi connectivity index (χ4v) is 2.30. The summed E-state index contributed by atoms with van der Waals surface area (Å²) in [7, 11) is 1.58. The van der Waals surface area contributed by atoms with Crippen LogP contribution in [0.25, 0.3) is 0 Å². The smallest absolute Gasteiger partial charge is 0.0992 e. The van der Waals surface area contributed by atoms with Crippen molar-refractivity contribution in [3.63, 3.8) is 0 Å². The van der Waals surface area contributed by atoms with Crippen molar-refractivity contribution in [3.05, 3.63) is 35.9 Å². The number of rotatable bonds is 5. The number of aliphatic hydroxyl groups excluding tert-OH is 2. The van der Waals surface area contributed by atoms with Crippen molar-refractivity contribution in [2.24, 2.45) is 5.92 Å². The predicted molar refractivity (Wildman–Crippen MR) is 70.2 cm³/mol. The van der Waals surface area contributed by atoms with Crippen molar-refractivity contribution in [1.29, 1.82) is 0 Å². The molecule has 1 heterocycles. The van der Waals surface area contributed by atoms with Gasteiger partial charge >= 0.3 is 0 Å². The predicted octanol–water partition coefficient (Wildman–Crippen LogP) is 0.418. The minimum absolute atomic E-state index is 0.0772. The van der Waals surface area contributed by atoms with Gasteiger partial charge in [0.2, 0.25) is 0 Å². The van der Waals surface area contributed by atoms with E-state index in [9.17, 15) is 10.2 Å². The second-order valence-electron chi connectivity index (χ2n) is 4.80. The average Bonchev–Trinajstić information content (AvgIpc) is 2.47. The molecule has 5 nitrogen and oxygen atoms in total. The highest BCUT2D eigenvalue weighted by atomic mass is 16.7. The fraction of sp³-hybridized carbons (Fsp3) is 0.571. The first-order valence-corrected chi connectivity index (χ1v) is 6.48. The summed E-state index contributed by atoms with van der Waals surface area (Å²) in [6.45, 7) is 1.38. The third kappa shape index (κ3) is 3.75. The molecular weight excluding hydrogens is 246 g/mol. The molecule has 0 radical (unpaired) electrons. The number of ether oxygens (including phenoxy) is 1. The van der Waals surface area contributed by atoms with Crippen LogP contribution in [-0.2, 0) is 16.2 Å². The van der Waals surface area contributed by atoms with E-state index in [0.717, 1.165) is 5.56 Å². The Bertz CT molecular complexity index is 373. The lowest BCUT2D eigenvalue weighted by Crippen LogP contribution is -2.54. The number of hydrogen-bond donors (Lipinski definition) is 2. The molecule has 0 aliphatic carbocycles. The molecule has 2 rings (SSSR count). The average molecular weight is 267 g/mol. The molecule has 1 saturated heterocycles. The zero-order chi connectivity index (χ0) is 13.7. The van der Waals surface area contributed by atoms with Gasteiger partial charge in [-0.25, -0.2) is 0 Å². The van der Waals surface area contributed by atoms with Gasteiger partial charge in [0.1, 0.15) is 0 Å². The molecule has 0 saturated carbocycles. The first-order valence-electron chi connectivity index (χ1n) is 6.48. The second kappa shape index (κ2) is 6.98. The van der Waals surface area contributed by atoms with Crippen molar-refractivity contribution >= 4 is 0 Å². The zero-order valence-corrected chi connectivity index (χ0v) is 11.1. The molecule has 19 heavy (non-hydrogen) atoms. The fourth-order valence-electron chi connectivity index (χ4n) is 2.30. The Morgan fingerprint density at radius 2 is 2.00 bits per heavy atom. The normalized spacial score (nSPS) is 28.5. The number of piperidine rings is 1. The molecule has 0 bridgehead atoms. The second-order valence-corrected chi connectivity index (χ2v) is 4.80. The number of aliphatic hydroxyl groups is 2. The third-order valence-corrected chi connectivity index (χ3v) is 3.49. The summed E-state index contributed by atoms with van der Waals surface area (Å²) in [6, 6.07) is 9.81. The first kappa shape index (κ1) is 14.4. The van der Waals surface area contributed by atoms with Crippen molar-refractivity contribution in [2.45, 2.75) is 18.8 Å². The van der Waals surface area contributed by atoms with Gasteiger partial charge in [0.25, 0.3) is 0 Å². The summed E-state index contributed by atoms with van der Waals surface area (Å²) in [5.74, 6) is -0.241. The van der Waals surface area contributed by atoms with Gasteiger partial charge in [0.15, 0.2) is 0 Å². The van der Waals surface area contributed by atoms with Crippen LogP contribution in [0.4, 0.5) is 0 Å². The molecule has 1 aliphatic rings. The maximum absolute atomic E-state index is 10.2. The highest BCUT2D eigenvalue weighted by Crippen LogP contribution is 2.20. The zero-order valence-electron chi connectivity index (χ0n) is 11.1. The van der Waals surface area contributed by atoms with E-state index < -0.39 is 6.10 Å². The summed E-state index contributed by atoms with van der Waals surface area (Å²) in [5, 5.41) is 21.1. The Labute approximate surface area is 113 Å². The molecule has 106 valence electrons. The summed E-state index contributed by atoms with van der Waals surface area (Å²) >= 11 is 0. The topological polar surface area (TPSA) is 62.2 Å². The van der Waals surface area contributed by atoms with E-state index in [0.29, 0.717) is 19.7 Å². The molecule has 5 heteroatoms. The largest absolute Gasteiger partial charge is 0.396 e. The highest BCUT2D eigenvalue weighted by Gasteiger charge is 2.36. The lowest BCUT2D eigenvalue weighted by molar-refractivity contribution is -0.219. The maximum atomic E-state index is 10.2. The van der Waals surface area contributed by atoms with Crippen molar-refractivity contribution in [1.82, 2.24) is 5.06 Å². The molecule has 2 N–H and O–H groups in total. The molecule has 1 aliphatic heterocycles. The van der Waals surface area contributed by atoms with Crippen molar-refractivity contribution in [2.75, 3.05) is 26.8 Å². The van der Waals surface area contributed by atoms with Gasteiger partial charge in [-0.1, -0.05) is 30.3 Å². The van der Waals surface area contributed by atoms with E-state index in [-0.39, 0.29) is 18.6 Å². The van der Waals surface area contributed by atoms with Crippen LogP contribution in [0.5, 0.6) is 0 Å². The van der Waals surface area contributed by atoms with E-state index in [1.807, 2.05) is 30.3 Å². The Hall–Kier alpha value is -0.980. The molecule has 0 spiro atoms. The van der Waals surface area contributed by atoms with Crippen LogP contribution in [-0.4, -0.2) is 54.3 Å². The minimum Gasteiger partial charge on any atom is -0.396 e. The van der Waals surface area contributed by atoms with Gasteiger partial charge in [-0.3, -0.25) is 0 Å². The number of benzene rings is 1. The first-order chi connectivity index (χ1) is 9.24. The summed E-state index contributed by atoms with van der Waals surface area (Å²) in [5.41, 5.74) is 1.06. The summed E-state index contributed by atoms with van der Waals surface area (Å²) < 4.78 is 5.76. The van der Waals surface area contributed by atoms with E-state index in [4.69, 9.17) is 9.57 Å². The SMILES string of the molecule is CON1C[C@H](CO)[C@@H](O)[C@H](OCc2ccccc2)C1. The number of hydroxylamine groups is 2. The minimum atomic E-state index is -0.667. The van der Waals surface area contributed by atoms with Gasteiger partial charge < -0.3 is 19.8 Å². The summed E-state index contributed by atoms with van der Waals surface area (Å²) in [6.07, 6.45) is -1.02. The van der Waals surface area contributed by atoms with Gasteiger partial charge in [0, 0.05) is 19.1 Å². The maximum Gasteiger partial charge on any atom is 0.0992 e. The Morgan fingerprint density at radius 1 is 1.26 bits per heavy atom. The van der Waals surface area contributed by atoms with Crippen LogP contribution in [0.15, 0.2) is 30.3 Å². The van der Waals surface area contributed by atoms with Crippen molar-refractivity contribution in [3.8, 4) is 0 Å². The molecule has 0 amide bonds. The lowest BCUT2D eigenvalue weighted by atomic mass is 9.94. The van der Waals surface area contributed by atoms with Crippen LogP contribution < -0.4 is 0 Å². The molecule has 0 unspecified atom stereocenters. The van der Waals surface area contributed by atoms with Crippen LogP contribution in [0, 0.1) is 5.92 Å². The number of nitrogens with zero attached hydrogens (tertiary/aromatic N) is 1. The Kier molecular flexibility index (Phi) is 5.30. The molecule has 3 atom stereocenters. The molecular formula is C14H21NO4. The van der Waals surface area contributed by atoms with Gasteiger partial charge in [-0.15, -0.1) is 0 Å². The molecule has 1 aromatic carbocycles. The van der Waals surface area contributed by atoms with Crippen LogP contribution in [0.1, 0.15) is 5.56 Å². The van der Waals surface area contributed by atoms with Crippen molar-refractivity contribution < 1.29 is 19.8 Å². The molecule has 1 fully saturated rings. The monoisotopic (exact) mass is 267 g/mol. The van der Waals surface area contributed by atoms with Gasteiger partial charge in [0.05, 0.1) is 32.5 Å². The van der Waals surface area contributed by atoms with E-state index >= 15 is 0 Å². The van der Waals surface area contributed by atoms with E-state index in [1.54, 1.807) is 12.2 Å². The van der Waals surface area contributed by atoms with Crippen LogP contribution in [0.2, 0.25) is 0 Å². The standard InChI is InChI=1S/C14H21NO4/c1-18-15-7-12(9-16)14(17)13(8-15)19-10-11-5-3-2-4-6-11/h2-6,12-14,16-17H,7-10H2,1H3/t12-,13-,14-/m1/s1. The third-order valence-electron chi connectivity index (χ3n) is 3.49.